The molecule has 0 bridgehead atoms. The fraction of sp³-hybridized carbons (Fsp3) is 0. The molecule has 0 saturated heterocycles. The van der Waals surface area contributed by atoms with Crippen molar-refractivity contribution in [2.75, 3.05) is 0 Å². The second-order valence-corrected chi connectivity index (χ2v) is 4.41. The Hall–Kier alpha value is -4.81. The van der Waals surface area contributed by atoms with E-state index >= 15 is 0 Å². The molecule has 164 valence electrons. The number of carboxylic acid groups (broad SMARTS) is 4. The number of carbonyl (C=O) groups is 5. The summed E-state index contributed by atoms with van der Waals surface area (Å²) >= 11 is 0. The predicted molar refractivity (Wildman–Crippen MR) is 105 cm³/mol. The molecule has 13 nitrogen and oxygen atoms in total. The fourth-order valence-electron chi connectivity index (χ4n) is 1.35. The van der Waals surface area contributed by atoms with Gasteiger partial charge in [-0.05, 0) is 0 Å². The lowest BCUT2D eigenvalue weighted by Gasteiger charge is -1.99. The summed E-state index contributed by atoms with van der Waals surface area (Å²) in [5, 5.41) is 28.8. The largest absolute Gasteiger partial charge is 0.465 e. The maximum Gasteiger partial charge on any atom is 0.402 e. The highest BCUT2D eigenvalue weighted by molar-refractivity contribution is 6.08. The average molecular weight is 426 g/mol. The van der Waals surface area contributed by atoms with Gasteiger partial charge in [-0.1, -0.05) is 60.7 Å². The Kier molecular flexibility index (Phi) is 18.9. The number of primary amides is 4. The molecular formula is C17H22N4O9. The second kappa shape index (κ2) is 19.0. The van der Waals surface area contributed by atoms with Gasteiger partial charge >= 0.3 is 24.4 Å². The molecule has 2 aromatic carbocycles. The number of carbonyl (C=O) groups excluding carboxylic acids is 1. The van der Waals surface area contributed by atoms with Gasteiger partial charge in [0.05, 0.1) is 0 Å². The van der Waals surface area contributed by atoms with Crippen LogP contribution in [0.4, 0.5) is 19.2 Å². The van der Waals surface area contributed by atoms with E-state index in [1.54, 1.807) is 0 Å². The van der Waals surface area contributed by atoms with Crippen LogP contribution in [0.15, 0.2) is 60.7 Å². The molecule has 0 aliphatic carbocycles. The molecule has 13 heteroatoms. The number of amides is 4. The zero-order valence-electron chi connectivity index (χ0n) is 15.4. The summed E-state index contributed by atoms with van der Waals surface area (Å²) in [6, 6.07) is 18.6. The molecule has 0 spiro atoms. The van der Waals surface area contributed by atoms with Crippen LogP contribution in [0, 0.1) is 0 Å². The maximum absolute atomic E-state index is 11.8. The van der Waals surface area contributed by atoms with Gasteiger partial charge in [0.1, 0.15) is 0 Å². The Labute approximate surface area is 170 Å². The molecule has 0 radical (unpaired) electrons. The molecule has 0 aliphatic heterocycles. The minimum atomic E-state index is -1.33. The molecule has 0 aromatic heterocycles. The second-order valence-electron chi connectivity index (χ2n) is 4.41. The molecule has 0 fully saturated rings. The highest BCUT2D eigenvalue weighted by atomic mass is 16.4. The number of benzene rings is 2. The minimum absolute atomic E-state index is 0.0752. The third-order valence-electron chi connectivity index (χ3n) is 2.07. The van der Waals surface area contributed by atoms with Crippen molar-refractivity contribution in [2.45, 2.75) is 0 Å². The number of nitrogens with two attached hydrogens (primary N) is 4. The van der Waals surface area contributed by atoms with E-state index < -0.39 is 24.4 Å². The van der Waals surface area contributed by atoms with Crippen LogP contribution in [-0.2, 0) is 0 Å². The lowest BCUT2D eigenvalue weighted by atomic mass is 10.0. The molecule has 2 aromatic rings. The first-order valence-corrected chi connectivity index (χ1v) is 7.39. The Balaban J connectivity index is -0.000000378. The molecule has 0 aliphatic rings. The van der Waals surface area contributed by atoms with Gasteiger partial charge in [0, 0.05) is 11.1 Å². The lowest BCUT2D eigenvalue weighted by molar-refractivity contribution is 0.103. The van der Waals surface area contributed by atoms with Gasteiger partial charge in [0.2, 0.25) is 0 Å². The maximum atomic E-state index is 11.8. The Bertz CT molecular complexity index is 679. The SMILES string of the molecule is NC(=O)O.NC(=O)O.NC(=O)O.NC(=O)O.O=C(c1ccccc1)c1ccccc1. The first-order chi connectivity index (χ1) is 13.8. The van der Waals surface area contributed by atoms with Gasteiger partial charge in [-0.25, -0.2) is 19.2 Å². The van der Waals surface area contributed by atoms with Gasteiger partial charge in [-0.3, -0.25) is 4.79 Å². The molecule has 12 N–H and O–H groups in total. The summed E-state index contributed by atoms with van der Waals surface area (Å²) < 4.78 is 0. The molecule has 0 atom stereocenters. The Morgan fingerprint density at radius 2 is 0.633 bits per heavy atom. The number of hydrogen-bond acceptors (Lipinski definition) is 5. The summed E-state index contributed by atoms with van der Waals surface area (Å²) in [7, 11) is 0. The van der Waals surface area contributed by atoms with Crippen LogP contribution in [0.3, 0.4) is 0 Å². The normalized spacial score (nSPS) is 7.73. The van der Waals surface area contributed by atoms with Crippen molar-refractivity contribution in [2.24, 2.45) is 22.9 Å². The molecule has 0 heterocycles. The first-order valence-electron chi connectivity index (χ1n) is 7.39. The molecule has 4 amide bonds. The van der Waals surface area contributed by atoms with Gasteiger partial charge in [-0.15, -0.1) is 0 Å². The zero-order chi connectivity index (χ0) is 24.1. The van der Waals surface area contributed by atoms with Crippen LogP contribution < -0.4 is 22.9 Å². The van der Waals surface area contributed by atoms with E-state index in [9.17, 15) is 4.79 Å². The van der Waals surface area contributed by atoms with Gasteiger partial charge in [-0.2, -0.15) is 0 Å². The van der Waals surface area contributed by atoms with Crippen molar-refractivity contribution in [3.63, 3.8) is 0 Å². The van der Waals surface area contributed by atoms with Crippen molar-refractivity contribution < 1.29 is 44.4 Å². The molecule has 2 rings (SSSR count). The standard InChI is InChI=1S/C13H10O.4CH3NO2/c14-13(11-7-3-1-4-8-11)12-9-5-2-6-10-12;4*2-1(3)4/h1-10H;4*2H2,(H,3,4). The Morgan fingerprint density at radius 1 is 0.467 bits per heavy atom. The highest BCUT2D eigenvalue weighted by Crippen LogP contribution is 2.08. The monoisotopic (exact) mass is 426 g/mol. The van der Waals surface area contributed by atoms with Gasteiger partial charge in [0.25, 0.3) is 0 Å². The van der Waals surface area contributed by atoms with E-state index in [4.69, 9.17) is 39.6 Å². The summed E-state index contributed by atoms with van der Waals surface area (Å²) in [4.78, 5) is 47.0. The van der Waals surface area contributed by atoms with E-state index in [0.29, 0.717) is 0 Å². The smallest absolute Gasteiger partial charge is 0.402 e. The third-order valence-corrected chi connectivity index (χ3v) is 2.07. The summed E-state index contributed by atoms with van der Waals surface area (Å²) in [5.74, 6) is 0.0752. The van der Waals surface area contributed by atoms with Gasteiger partial charge < -0.3 is 43.4 Å². The first kappa shape index (κ1) is 29.9. The molecule has 0 unspecified atom stereocenters. The van der Waals surface area contributed by atoms with Crippen LogP contribution in [0.25, 0.3) is 0 Å². The van der Waals surface area contributed by atoms with Crippen molar-refractivity contribution in [3.8, 4) is 0 Å². The third kappa shape index (κ3) is 31.0. The number of ketones is 1. The minimum Gasteiger partial charge on any atom is -0.465 e. The zero-order valence-corrected chi connectivity index (χ0v) is 15.4. The molecular weight excluding hydrogens is 404 g/mol. The average Bonchev–Trinajstić information content (AvgIpc) is 2.61. The Morgan fingerprint density at radius 3 is 0.800 bits per heavy atom. The van der Waals surface area contributed by atoms with E-state index in [2.05, 4.69) is 22.9 Å². The van der Waals surface area contributed by atoms with E-state index in [-0.39, 0.29) is 5.78 Å². The lowest BCUT2D eigenvalue weighted by Crippen LogP contribution is -2.03. The quantitative estimate of drug-likeness (QED) is 0.322. The van der Waals surface area contributed by atoms with Crippen LogP contribution in [0.1, 0.15) is 15.9 Å². The van der Waals surface area contributed by atoms with Gasteiger partial charge in [0.15, 0.2) is 5.78 Å². The van der Waals surface area contributed by atoms with Crippen LogP contribution in [0.5, 0.6) is 0 Å². The number of rotatable bonds is 2. The van der Waals surface area contributed by atoms with E-state index in [0.717, 1.165) is 11.1 Å². The van der Waals surface area contributed by atoms with E-state index in [1.165, 1.54) is 0 Å². The fourth-order valence-corrected chi connectivity index (χ4v) is 1.35. The van der Waals surface area contributed by atoms with Crippen molar-refractivity contribution >= 4 is 30.2 Å². The highest BCUT2D eigenvalue weighted by Gasteiger charge is 2.06. The summed E-state index contributed by atoms with van der Waals surface area (Å²) in [6.45, 7) is 0. The van der Waals surface area contributed by atoms with Crippen molar-refractivity contribution in [1.82, 2.24) is 0 Å². The van der Waals surface area contributed by atoms with Crippen LogP contribution in [0.2, 0.25) is 0 Å². The van der Waals surface area contributed by atoms with Crippen LogP contribution in [-0.4, -0.2) is 50.6 Å². The summed E-state index contributed by atoms with van der Waals surface area (Å²) in [5.41, 5.74) is 17.6. The van der Waals surface area contributed by atoms with Crippen molar-refractivity contribution in [3.05, 3.63) is 71.8 Å². The van der Waals surface area contributed by atoms with Crippen LogP contribution >= 0.6 is 0 Å². The van der Waals surface area contributed by atoms with E-state index in [1.807, 2.05) is 60.7 Å². The van der Waals surface area contributed by atoms with Crippen molar-refractivity contribution in [1.29, 1.82) is 0 Å². The number of hydrogen-bond donors (Lipinski definition) is 8. The molecule has 30 heavy (non-hydrogen) atoms. The molecule has 0 saturated carbocycles. The summed E-state index contributed by atoms with van der Waals surface area (Å²) in [6.07, 6.45) is -5.33. The predicted octanol–water partition coefficient (Wildman–Crippen LogP) is 1.41. The topological polar surface area (TPSA) is 270 Å².